The van der Waals surface area contributed by atoms with E-state index >= 15 is 0 Å². The van der Waals surface area contributed by atoms with Gasteiger partial charge in [0.1, 0.15) is 17.3 Å². The molecule has 0 aliphatic heterocycles. The van der Waals surface area contributed by atoms with E-state index in [0.717, 1.165) is 18.7 Å². The number of anilines is 2. The van der Waals surface area contributed by atoms with E-state index in [4.69, 9.17) is 9.47 Å². The summed E-state index contributed by atoms with van der Waals surface area (Å²) in [6.07, 6.45) is 0.932. The molecule has 1 heterocycles. The highest BCUT2D eigenvalue weighted by atomic mass is 16.5. The first-order valence-corrected chi connectivity index (χ1v) is 7.41. The summed E-state index contributed by atoms with van der Waals surface area (Å²) >= 11 is 0. The van der Waals surface area contributed by atoms with E-state index in [1.54, 1.807) is 37.1 Å². The van der Waals surface area contributed by atoms with Gasteiger partial charge >= 0.3 is 6.03 Å². The van der Waals surface area contributed by atoms with Crippen LogP contribution >= 0.6 is 0 Å². The Bertz CT molecular complexity index is 682. The second kappa shape index (κ2) is 7.53. The maximum Gasteiger partial charge on any atom is 0.324 e. The third-order valence-electron chi connectivity index (χ3n) is 3.23. The number of ether oxygens (including phenoxy) is 2. The van der Waals surface area contributed by atoms with E-state index in [1.807, 2.05) is 13.0 Å². The van der Waals surface area contributed by atoms with E-state index in [-0.39, 0.29) is 6.03 Å². The lowest BCUT2D eigenvalue weighted by atomic mass is 10.2. The van der Waals surface area contributed by atoms with Crippen LogP contribution in [0.3, 0.4) is 0 Å². The quantitative estimate of drug-likeness (QED) is 0.857. The first-order chi connectivity index (χ1) is 11.1. The average molecular weight is 318 g/mol. The molecular formula is C16H22N4O3. The average Bonchev–Trinajstić information content (AvgIpc) is 2.86. The monoisotopic (exact) mass is 318 g/mol. The summed E-state index contributed by atoms with van der Waals surface area (Å²) in [5, 5.41) is 9.93. The standard InChI is InChI=1S/C16H22N4O3/c1-5-8-20-15(9-11(2)19-20)18-16(21)17-13-10-12(22-3)6-7-14(13)23-4/h6-7,9-10H,5,8H2,1-4H3,(H2,17,18,21). The molecule has 2 amide bonds. The van der Waals surface area contributed by atoms with E-state index in [1.165, 1.54) is 0 Å². The summed E-state index contributed by atoms with van der Waals surface area (Å²) in [4.78, 5) is 12.3. The number of methoxy groups -OCH3 is 2. The minimum Gasteiger partial charge on any atom is -0.497 e. The van der Waals surface area contributed by atoms with Gasteiger partial charge in [0.15, 0.2) is 0 Å². The van der Waals surface area contributed by atoms with Gasteiger partial charge in [-0.3, -0.25) is 5.32 Å². The third-order valence-corrected chi connectivity index (χ3v) is 3.23. The van der Waals surface area contributed by atoms with Crippen molar-refractivity contribution in [3.8, 4) is 11.5 Å². The van der Waals surface area contributed by atoms with Gasteiger partial charge < -0.3 is 14.8 Å². The van der Waals surface area contributed by atoms with Gasteiger partial charge in [0.25, 0.3) is 0 Å². The minimum absolute atomic E-state index is 0.367. The number of carbonyl (C=O) groups excluding carboxylic acids is 1. The molecule has 0 radical (unpaired) electrons. The molecule has 124 valence electrons. The molecule has 23 heavy (non-hydrogen) atoms. The van der Waals surface area contributed by atoms with E-state index in [9.17, 15) is 4.79 Å². The molecule has 0 unspecified atom stereocenters. The fourth-order valence-electron chi connectivity index (χ4n) is 2.21. The summed E-state index contributed by atoms with van der Waals surface area (Å²) in [5.74, 6) is 1.84. The number of amides is 2. The molecule has 2 N–H and O–H groups in total. The topological polar surface area (TPSA) is 77.4 Å². The fourth-order valence-corrected chi connectivity index (χ4v) is 2.21. The van der Waals surface area contributed by atoms with Gasteiger partial charge in [-0.2, -0.15) is 5.10 Å². The summed E-state index contributed by atoms with van der Waals surface area (Å²) in [7, 11) is 3.11. The van der Waals surface area contributed by atoms with Gasteiger partial charge in [0, 0.05) is 18.7 Å². The van der Waals surface area contributed by atoms with E-state index in [2.05, 4.69) is 22.7 Å². The normalized spacial score (nSPS) is 10.3. The number of rotatable bonds is 6. The van der Waals surface area contributed by atoms with Crippen LogP contribution in [0.25, 0.3) is 0 Å². The molecule has 0 saturated carbocycles. The Morgan fingerprint density at radius 1 is 1.22 bits per heavy atom. The molecule has 0 aliphatic carbocycles. The first kappa shape index (κ1) is 16.7. The first-order valence-electron chi connectivity index (χ1n) is 7.41. The predicted octanol–water partition coefficient (Wildman–Crippen LogP) is 3.26. The van der Waals surface area contributed by atoms with Crippen molar-refractivity contribution in [2.45, 2.75) is 26.8 Å². The number of hydrogen-bond donors (Lipinski definition) is 2. The Labute approximate surface area is 135 Å². The minimum atomic E-state index is -0.367. The molecule has 0 fully saturated rings. The van der Waals surface area contributed by atoms with Crippen LogP contribution in [0.2, 0.25) is 0 Å². The fraction of sp³-hybridized carbons (Fsp3) is 0.375. The van der Waals surface area contributed by atoms with Crippen molar-refractivity contribution in [3.05, 3.63) is 30.0 Å². The number of nitrogens with zero attached hydrogens (tertiary/aromatic N) is 2. The summed E-state index contributed by atoms with van der Waals surface area (Å²) < 4.78 is 12.2. The van der Waals surface area contributed by atoms with Crippen LogP contribution in [0.5, 0.6) is 11.5 Å². The van der Waals surface area contributed by atoms with Crippen LogP contribution in [-0.4, -0.2) is 30.0 Å². The van der Waals surface area contributed by atoms with Crippen LogP contribution in [0, 0.1) is 6.92 Å². The van der Waals surface area contributed by atoms with E-state index < -0.39 is 0 Å². The Kier molecular flexibility index (Phi) is 5.46. The maximum atomic E-state index is 12.3. The van der Waals surface area contributed by atoms with Crippen molar-refractivity contribution in [2.75, 3.05) is 24.9 Å². The zero-order valence-electron chi connectivity index (χ0n) is 13.8. The smallest absolute Gasteiger partial charge is 0.324 e. The molecular weight excluding hydrogens is 296 g/mol. The Morgan fingerprint density at radius 2 is 2.00 bits per heavy atom. The summed E-state index contributed by atoms with van der Waals surface area (Å²) in [6.45, 7) is 4.69. The Hall–Kier alpha value is -2.70. The highest BCUT2D eigenvalue weighted by molar-refractivity contribution is 6.00. The third kappa shape index (κ3) is 4.15. The summed E-state index contributed by atoms with van der Waals surface area (Å²) in [5.41, 5.74) is 1.38. The number of aryl methyl sites for hydroxylation is 2. The lowest BCUT2D eigenvalue weighted by Gasteiger charge is -2.13. The molecule has 7 nitrogen and oxygen atoms in total. The molecule has 2 aromatic rings. The number of urea groups is 1. The van der Waals surface area contributed by atoms with Crippen molar-refractivity contribution < 1.29 is 14.3 Å². The van der Waals surface area contributed by atoms with Gasteiger partial charge in [-0.25, -0.2) is 9.48 Å². The van der Waals surface area contributed by atoms with Crippen LogP contribution in [0.1, 0.15) is 19.0 Å². The number of nitrogens with one attached hydrogen (secondary N) is 2. The molecule has 2 rings (SSSR count). The van der Waals surface area contributed by atoms with Gasteiger partial charge in [-0.15, -0.1) is 0 Å². The second-order valence-electron chi connectivity index (χ2n) is 5.04. The SMILES string of the molecule is CCCn1nc(C)cc1NC(=O)Nc1cc(OC)ccc1OC. The van der Waals surface area contributed by atoms with Crippen LogP contribution < -0.4 is 20.1 Å². The number of hydrogen-bond acceptors (Lipinski definition) is 4. The van der Waals surface area contributed by atoms with Crippen LogP contribution in [0.15, 0.2) is 24.3 Å². The zero-order valence-corrected chi connectivity index (χ0v) is 13.8. The van der Waals surface area contributed by atoms with Crippen molar-refractivity contribution in [2.24, 2.45) is 0 Å². The number of benzene rings is 1. The van der Waals surface area contributed by atoms with Crippen molar-refractivity contribution >= 4 is 17.5 Å². The maximum absolute atomic E-state index is 12.3. The molecule has 1 aromatic heterocycles. The number of aromatic nitrogens is 2. The van der Waals surface area contributed by atoms with Gasteiger partial charge in [0.05, 0.1) is 25.6 Å². The molecule has 0 spiro atoms. The molecule has 0 aliphatic rings. The van der Waals surface area contributed by atoms with Gasteiger partial charge in [0.2, 0.25) is 0 Å². The Balaban J connectivity index is 2.13. The molecule has 1 aromatic carbocycles. The highest BCUT2D eigenvalue weighted by Gasteiger charge is 2.12. The van der Waals surface area contributed by atoms with Gasteiger partial charge in [-0.05, 0) is 25.5 Å². The second-order valence-corrected chi connectivity index (χ2v) is 5.04. The predicted molar refractivity (Wildman–Crippen MR) is 89.4 cm³/mol. The van der Waals surface area contributed by atoms with Crippen LogP contribution in [-0.2, 0) is 6.54 Å². The number of carbonyl (C=O) groups is 1. The molecule has 0 bridgehead atoms. The largest absolute Gasteiger partial charge is 0.497 e. The van der Waals surface area contributed by atoms with Crippen molar-refractivity contribution in [1.82, 2.24) is 9.78 Å². The van der Waals surface area contributed by atoms with Gasteiger partial charge in [-0.1, -0.05) is 6.92 Å². The zero-order chi connectivity index (χ0) is 16.8. The Morgan fingerprint density at radius 3 is 2.65 bits per heavy atom. The van der Waals surface area contributed by atoms with Crippen molar-refractivity contribution in [1.29, 1.82) is 0 Å². The highest BCUT2D eigenvalue weighted by Crippen LogP contribution is 2.29. The van der Waals surface area contributed by atoms with Crippen LogP contribution in [0.4, 0.5) is 16.3 Å². The van der Waals surface area contributed by atoms with Crippen molar-refractivity contribution in [3.63, 3.8) is 0 Å². The van der Waals surface area contributed by atoms with E-state index in [0.29, 0.717) is 23.0 Å². The molecule has 7 heteroatoms. The molecule has 0 atom stereocenters. The lowest BCUT2D eigenvalue weighted by molar-refractivity contribution is 0.261. The molecule has 0 saturated heterocycles. The summed E-state index contributed by atoms with van der Waals surface area (Å²) in [6, 6.07) is 6.67. The lowest BCUT2D eigenvalue weighted by Crippen LogP contribution is -2.22.